The fourth-order valence-corrected chi connectivity index (χ4v) is 4.13. The molecule has 0 spiro atoms. The van der Waals surface area contributed by atoms with Gasteiger partial charge in [0, 0.05) is 20.0 Å². The predicted molar refractivity (Wildman–Crippen MR) is 129 cm³/mol. The molecule has 11 nitrogen and oxygen atoms in total. The van der Waals surface area contributed by atoms with Gasteiger partial charge < -0.3 is 22.1 Å². The molecular formula is C22H24ClN9O2. The summed E-state index contributed by atoms with van der Waals surface area (Å²) in [6.45, 7) is 2.15. The van der Waals surface area contributed by atoms with Crippen molar-refractivity contribution in [2.45, 2.75) is 38.8 Å². The molecular weight excluding hydrogens is 458 g/mol. The Kier molecular flexibility index (Phi) is 6.51. The SMILES string of the molecule is CC(=O)NCCCn1c([C@@H](Nc2nc(N)nc(N)c2C#N)C2CC2)nc2cccc(Cl)c2c1=O. The number of anilines is 3. The molecule has 1 aliphatic rings. The van der Waals surface area contributed by atoms with Crippen LogP contribution in [0.25, 0.3) is 10.9 Å². The van der Waals surface area contributed by atoms with Crippen molar-refractivity contribution in [3.8, 4) is 6.07 Å². The minimum Gasteiger partial charge on any atom is -0.382 e. The number of benzene rings is 1. The smallest absolute Gasteiger partial charge is 0.262 e. The number of hydrogen-bond donors (Lipinski definition) is 4. The summed E-state index contributed by atoms with van der Waals surface area (Å²) in [7, 11) is 0. The zero-order chi connectivity index (χ0) is 24.4. The molecule has 1 atom stereocenters. The highest BCUT2D eigenvalue weighted by molar-refractivity contribution is 6.35. The lowest BCUT2D eigenvalue weighted by atomic mass is 10.1. The Morgan fingerprint density at radius 1 is 1.32 bits per heavy atom. The standard InChI is InChI=1S/C22H24ClN9O2/c1-11(33)27-8-3-9-32-20(28-15-5-2-4-14(23)16(15)21(32)34)17(12-6-7-12)29-19-13(10-24)18(25)30-22(26)31-19/h2,4-5,12,17H,3,6-9H2,1H3,(H,27,33)(H5,25,26,29,30,31)/t17-/m0/s1. The summed E-state index contributed by atoms with van der Waals surface area (Å²) in [5.74, 6) is 0.596. The lowest BCUT2D eigenvalue weighted by molar-refractivity contribution is -0.118. The largest absolute Gasteiger partial charge is 0.382 e. The van der Waals surface area contributed by atoms with Gasteiger partial charge in [0.15, 0.2) is 5.82 Å². The monoisotopic (exact) mass is 481 g/mol. The number of rotatable bonds is 8. The van der Waals surface area contributed by atoms with E-state index in [-0.39, 0.29) is 40.5 Å². The Labute approximate surface area is 200 Å². The zero-order valence-corrected chi connectivity index (χ0v) is 19.3. The molecule has 0 saturated heterocycles. The molecule has 6 N–H and O–H groups in total. The van der Waals surface area contributed by atoms with Gasteiger partial charge in [-0.1, -0.05) is 17.7 Å². The number of nitrogen functional groups attached to an aromatic ring is 2. The van der Waals surface area contributed by atoms with E-state index in [0.29, 0.717) is 41.3 Å². The van der Waals surface area contributed by atoms with E-state index in [1.165, 1.54) is 6.92 Å². The van der Waals surface area contributed by atoms with Crippen molar-refractivity contribution in [1.29, 1.82) is 5.26 Å². The summed E-state index contributed by atoms with van der Waals surface area (Å²) in [5, 5.41) is 16.2. The van der Waals surface area contributed by atoms with Gasteiger partial charge in [-0.2, -0.15) is 15.2 Å². The molecule has 176 valence electrons. The first-order valence-corrected chi connectivity index (χ1v) is 11.2. The summed E-state index contributed by atoms with van der Waals surface area (Å²) >= 11 is 6.34. The van der Waals surface area contributed by atoms with Crippen molar-refractivity contribution < 1.29 is 4.79 Å². The molecule has 0 radical (unpaired) electrons. The van der Waals surface area contributed by atoms with Crippen LogP contribution in [0.5, 0.6) is 0 Å². The lowest BCUT2D eigenvalue weighted by Crippen LogP contribution is -2.32. The first-order chi connectivity index (χ1) is 16.3. The molecule has 0 bridgehead atoms. The minimum atomic E-state index is -0.433. The number of nitrogens with two attached hydrogens (primary N) is 2. The van der Waals surface area contributed by atoms with Gasteiger partial charge in [0.1, 0.15) is 23.3 Å². The van der Waals surface area contributed by atoms with Crippen LogP contribution in [0.4, 0.5) is 17.6 Å². The molecule has 4 rings (SSSR count). The summed E-state index contributed by atoms with van der Waals surface area (Å²) in [5.41, 5.74) is 11.9. The maximum Gasteiger partial charge on any atom is 0.262 e. The number of halogens is 1. The van der Waals surface area contributed by atoms with Crippen LogP contribution in [0, 0.1) is 17.2 Å². The summed E-state index contributed by atoms with van der Waals surface area (Å²) in [6, 6.07) is 6.70. The number of carbonyl (C=O) groups is 1. The second-order valence-electron chi connectivity index (χ2n) is 8.16. The molecule has 1 saturated carbocycles. The number of nitrogens with zero attached hydrogens (tertiary/aromatic N) is 5. The van der Waals surface area contributed by atoms with E-state index >= 15 is 0 Å². The van der Waals surface area contributed by atoms with E-state index in [2.05, 4.69) is 20.6 Å². The first-order valence-electron chi connectivity index (χ1n) is 10.8. The number of amides is 1. The van der Waals surface area contributed by atoms with Crippen molar-refractivity contribution in [2.24, 2.45) is 5.92 Å². The van der Waals surface area contributed by atoms with Gasteiger partial charge in [-0.15, -0.1) is 0 Å². The highest BCUT2D eigenvalue weighted by Gasteiger charge is 2.36. The average Bonchev–Trinajstić information content (AvgIpc) is 3.61. The Morgan fingerprint density at radius 2 is 2.09 bits per heavy atom. The number of aromatic nitrogens is 4. The van der Waals surface area contributed by atoms with Gasteiger partial charge in [0.2, 0.25) is 11.9 Å². The van der Waals surface area contributed by atoms with Crippen molar-refractivity contribution in [2.75, 3.05) is 23.3 Å². The first kappa shape index (κ1) is 23.3. The molecule has 1 aliphatic carbocycles. The van der Waals surface area contributed by atoms with Crippen LogP contribution in [0.2, 0.25) is 5.02 Å². The van der Waals surface area contributed by atoms with E-state index < -0.39 is 6.04 Å². The van der Waals surface area contributed by atoms with Crippen LogP contribution in [-0.2, 0) is 11.3 Å². The Morgan fingerprint density at radius 3 is 2.76 bits per heavy atom. The molecule has 0 aliphatic heterocycles. The Bertz CT molecular complexity index is 1360. The molecule has 3 aromatic rings. The van der Waals surface area contributed by atoms with Crippen molar-refractivity contribution in [1.82, 2.24) is 24.8 Å². The molecule has 1 fully saturated rings. The Hall–Kier alpha value is -3.91. The number of nitrogens with one attached hydrogen (secondary N) is 2. The molecule has 12 heteroatoms. The summed E-state index contributed by atoms with van der Waals surface area (Å²) < 4.78 is 1.58. The van der Waals surface area contributed by atoms with Crippen LogP contribution in [0.1, 0.15) is 43.6 Å². The van der Waals surface area contributed by atoms with E-state index in [9.17, 15) is 14.9 Å². The van der Waals surface area contributed by atoms with Crippen LogP contribution in [0.15, 0.2) is 23.0 Å². The molecule has 1 aromatic carbocycles. The lowest BCUT2D eigenvalue weighted by Gasteiger charge is -2.24. The quantitative estimate of drug-likeness (QED) is 0.350. The average molecular weight is 482 g/mol. The van der Waals surface area contributed by atoms with Crippen molar-refractivity contribution in [3.05, 3.63) is 45.0 Å². The van der Waals surface area contributed by atoms with E-state index in [0.717, 1.165) is 12.8 Å². The Balaban J connectivity index is 1.82. The van der Waals surface area contributed by atoms with Crippen LogP contribution >= 0.6 is 11.6 Å². The molecule has 0 unspecified atom stereocenters. The number of carbonyl (C=O) groups excluding carboxylic acids is 1. The van der Waals surface area contributed by atoms with E-state index in [1.54, 1.807) is 22.8 Å². The van der Waals surface area contributed by atoms with Gasteiger partial charge >= 0.3 is 0 Å². The number of hydrogen-bond acceptors (Lipinski definition) is 9. The molecule has 34 heavy (non-hydrogen) atoms. The highest BCUT2D eigenvalue weighted by Crippen LogP contribution is 2.43. The third-order valence-electron chi connectivity index (χ3n) is 5.62. The van der Waals surface area contributed by atoms with Gasteiger partial charge in [-0.3, -0.25) is 14.2 Å². The second kappa shape index (κ2) is 9.52. The normalized spacial score (nSPS) is 13.9. The maximum absolute atomic E-state index is 13.5. The fraction of sp³-hybridized carbons (Fsp3) is 0.364. The van der Waals surface area contributed by atoms with Gasteiger partial charge in [0.25, 0.3) is 5.56 Å². The highest BCUT2D eigenvalue weighted by atomic mass is 35.5. The third kappa shape index (κ3) is 4.72. The van der Waals surface area contributed by atoms with E-state index in [1.807, 2.05) is 6.07 Å². The molecule has 2 aromatic heterocycles. The molecule has 1 amide bonds. The zero-order valence-electron chi connectivity index (χ0n) is 18.5. The summed E-state index contributed by atoms with van der Waals surface area (Å²) in [6.07, 6.45) is 2.33. The predicted octanol–water partition coefficient (Wildman–Crippen LogP) is 1.97. The third-order valence-corrected chi connectivity index (χ3v) is 5.94. The van der Waals surface area contributed by atoms with Crippen LogP contribution in [0.3, 0.4) is 0 Å². The molecule has 2 heterocycles. The maximum atomic E-state index is 13.5. The summed E-state index contributed by atoms with van der Waals surface area (Å²) in [4.78, 5) is 37.6. The van der Waals surface area contributed by atoms with Gasteiger partial charge in [-0.05, 0) is 37.3 Å². The second-order valence-corrected chi connectivity index (χ2v) is 8.57. The number of nitriles is 1. The van der Waals surface area contributed by atoms with Gasteiger partial charge in [0.05, 0.1) is 22.0 Å². The van der Waals surface area contributed by atoms with Crippen LogP contribution in [-0.4, -0.2) is 32.0 Å². The number of fused-ring (bicyclic) bond motifs is 1. The fourth-order valence-electron chi connectivity index (χ4n) is 3.88. The van der Waals surface area contributed by atoms with Crippen molar-refractivity contribution >= 4 is 46.0 Å². The topological polar surface area (TPSA) is 178 Å². The van der Waals surface area contributed by atoms with Gasteiger partial charge in [-0.25, -0.2) is 4.98 Å². The van der Waals surface area contributed by atoms with Crippen molar-refractivity contribution in [3.63, 3.8) is 0 Å². The van der Waals surface area contributed by atoms with E-state index in [4.69, 9.17) is 28.1 Å². The van der Waals surface area contributed by atoms with Crippen LogP contribution < -0.4 is 27.7 Å². The minimum absolute atomic E-state index is 0.0296.